The van der Waals surface area contributed by atoms with Crippen LogP contribution in [0.5, 0.6) is 5.75 Å². The number of benzene rings is 3. The van der Waals surface area contributed by atoms with E-state index >= 15 is 0 Å². The Morgan fingerprint density at radius 1 is 1.06 bits per heavy atom. The van der Waals surface area contributed by atoms with Gasteiger partial charge in [0, 0.05) is 21.7 Å². The van der Waals surface area contributed by atoms with Crippen molar-refractivity contribution in [1.82, 2.24) is 10.7 Å². The average molecular weight is 463 g/mol. The highest BCUT2D eigenvalue weighted by atomic mass is 35.5. The normalized spacial score (nSPS) is 18.8. The number of hydrazone groups is 1. The summed E-state index contributed by atoms with van der Waals surface area (Å²) >= 11 is 6.08. The number of nitrogens with one attached hydrogen (secondary N) is 2. The summed E-state index contributed by atoms with van der Waals surface area (Å²) in [6.45, 7) is 4.48. The number of aryl methyl sites for hydroxylation is 1. The lowest BCUT2D eigenvalue weighted by Gasteiger charge is -2.15. The molecular weight excluding hydrogens is 438 g/mol. The molecule has 0 saturated carbocycles. The van der Waals surface area contributed by atoms with Gasteiger partial charge in [0.2, 0.25) is 12.3 Å². The summed E-state index contributed by atoms with van der Waals surface area (Å²) in [5, 5.41) is 3.50. The number of ether oxygens (including phenoxy) is 1. The molecule has 4 rings (SSSR count). The minimum absolute atomic E-state index is 0.294. The van der Waals surface area contributed by atoms with Crippen LogP contribution in [-0.2, 0) is 4.79 Å². The van der Waals surface area contributed by atoms with Gasteiger partial charge >= 0.3 is 5.91 Å². The summed E-state index contributed by atoms with van der Waals surface area (Å²) in [6, 6.07) is 20.8. The van der Waals surface area contributed by atoms with Crippen LogP contribution in [0.2, 0.25) is 5.02 Å². The molecule has 1 aliphatic rings. The molecule has 168 valence electrons. The quantitative estimate of drug-likeness (QED) is 0.543. The molecule has 1 heterocycles. The predicted molar refractivity (Wildman–Crippen MR) is 128 cm³/mol. The van der Waals surface area contributed by atoms with E-state index in [0.717, 1.165) is 22.4 Å². The van der Waals surface area contributed by atoms with Crippen molar-refractivity contribution in [2.75, 3.05) is 6.61 Å². The Kier molecular flexibility index (Phi) is 6.75. The lowest BCUT2D eigenvalue weighted by Crippen LogP contribution is -2.42. The van der Waals surface area contributed by atoms with Crippen molar-refractivity contribution in [2.24, 2.45) is 0 Å². The number of hydrogen-bond acceptors (Lipinski definition) is 3. The van der Waals surface area contributed by atoms with Crippen LogP contribution in [0.25, 0.3) is 0 Å². The fraction of sp³-hybridized carbons (Fsp3) is 0.192. The van der Waals surface area contributed by atoms with Crippen LogP contribution >= 0.6 is 11.6 Å². The van der Waals surface area contributed by atoms with Gasteiger partial charge in [-0.2, -0.15) is 0 Å². The summed E-state index contributed by atoms with van der Waals surface area (Å²) in [5.74, 6) is 0.173. The van der Waals surface area contributed by atoms with Gasteiger partial charge in [0.15, 0.2) is 6.04 Å². The lowest BCUT2D eigenvalue weighted by atomic mass is 9.99. The molecular formula is C26H25ClN3O3+. The number of hydrazine groups is 1. The molecule has 2 N–H and O–H groups in total. The monoisotopic (exact) mass is 462 g/mol. The Bertz CT molecular complexity index is 1170. The summed E-state index contributed by atoms with van der Waals surface area (Å²) < 4.78 is 7.23. The van der Waals surface area contributed by atoms with E-state index in [1.165, 1.54) is 0 Å². The molecule has 0 aliphatic carbocycles. The molecule has 0 bridgehead atoms. The molecule has 1 saturated heterocycles. The highest BCUT2D eigenvalue weighted by Crippen LogP contribution is 2.27. The molecule has 1 fully saturated rings. The minimum atomic E-state index is -0.793. The van der Waals surface area contributed by atoms with Crippen molar-refractivity contribution in [3.8, 4) is 5.75 Å². The van der Waals surface area contributed by atoms with Crippen molar-refractivity contribution >= 4 is 29.6 Å². The van der Waals surface area contributed by atoms with Crippen LogP contribution in [0.4, 0.5) is 0 Å². The van der Waals surface area contributed by atoms with Crippen LogP contribution in [0, 0.1) is 6.92 Å². The first kappa shape index (κ1) is 22.6. The maximum atomic E-state index is 13.0. The summed E-state index contributed by atoms with van der Waals surface area (Å²) in [7, 11) is 0. The smallest absolute Gasteiger partial charge is 0.304 e. The number of amides is 2. The molecule has 1 aliphatic heterocycles. The molecule has 3 aromatic rings. The van der Waals surface area contributed by atoms with E-state index < -0.39 is 12.1 Å². The largest absolute Gasteiger partial charge is 0.494 e. The van der Waals surface area contributed by atoms with Crippen LogP contribution in [0.15, 0.2) is 72.8 Å². The van der Waals surface area contributed by atoms with Crippen molar-refractivity contribution < 1.29 is 19.0 Å². The Morgan fingerprint density at radius 3 is 2.36 bits per heavy atom. The fourth-order valence-electron chi connectivity index (χ4n) is 3.75. The van der Waals surface area contributed by atoms with Crippen LogP contribution in [0.1, 0.15) is 40.0 Å². The number of halogens is 1. The van der Waals surface area contributed by atoms with Gasteiger partial charge in [0.1, 0.15) is 5.75 Å². The van der Waals surface area contributed by atoms with E-state index in [2.05, 4.69) is 10.7 Å². The van der Waals surface area contributed by atoms with E-state index in [9.17, 15) is 9.59 Å². The number of nitrogens with zero attached hydrogens (tertiary/aromatic N) is 1. The van der Waals surface area contributed by atoms with Gasteiger partial charge in [-0.1, -0.05) is 41.4 Å². The zero-order valence-electron chi connectivity index (χ0n) is 18.4. The highest BCUT2D eigenvalue weighted by Gasteiger charge is 2.47. The van der Waals surface area contributed by atoms with E-state index in [4.69, 9.17) is 16.3 Å². The summed E-state index contributed by atoms with van der Waals surface area (Å²) in [5.41, 5.74) is 6.15. The molecule has 0 radical (unpaired) electrons. The lowest BCUT2D eigenvalue weighted by molar-refractivity contribution is -0.596. The third kappa shape index (κ3) is 5.23. The molecule has 0 spiro atoms. The van der Waals surface area contributed by atoms with Gasteiger partial charge < -0.3 is 10.1 Å². The molecule has 0 unspecified atom stereocenters. The second-order valence-corrected chi connectivity index (χ2v) is 8.26. The maximum absolute atomic E-state index is 13.0. The molecule has 7 heteroatoms. The van der Waals surface area contributed by atoms with E-state index in [1.807, 2.05) is 68.6 Å². The van der Waals surface area contributed by atoms with E-state index in [0.29, 0.717) is 17.2 Å². The van der Waals surface area contributed by atoms with Crippen molar-refractivity contribution in [3.63, 3.8) is 0 Å². The van der Waals surface area contributed by atoms with Gasteiger partial charge in [-0.15, -0.1) is 10.1 Å². The molecule has 2 atom stereocenters. The second kappa shape index (κ2) is 9.88. The molecule has 2 amide bonds. The van der Waals surface area contributed by atoms with Crippen LogP contribution in [0.3, 0.4) is 0 Å². The van der Waals surface area contributed by atoms with Crippen molar-refractivity contribution in [1.29, 1.82) is 0 Å². The first-order chi connectivity index (χ1) is 15.9. The standard InChI is InChI=1S/C26H24ClN3O3/c1-3-33-22-14-6-18(7-15-22)16-30-24(19-10-12-21(27)13-11-19)23(26(32)29-30)28-25(31)20-8-4-17(2)5-9-20/h4-16,23-24H,3H2,1-2H3,(H-,28,29,31,32)/p+1/b30-16-/t23-,24-/m0/s1. The highest BCUT2D eigenvalue weighted by molar-refractivity contribution is 6.30. The van der Waals surface area contributed by atoms with Gasteiger partial charge in [-0.3, -0.25) is 9.59 Å². The Labute approximate surface area is 197 Å². The van der Waals surface area contributed by atoms with E-state index in [1.54, 1.807) is 28.9 Å². The maximum Gasteiger partial charge on any atom is 0.304 e. The Morgan fingerprint density at radius 2 is 1.73 bits per heavy atom. The Hall–Kier alpha value is -3.64. The van der Waals surface area contributed by atoms with Gasteiger partial charge in [0.25, 0.3) is 5.91 Å². The molecule has 0 aromatic heterocycles. The summed E-state index contributed by atoms with van der Waals surface area (Å²) in [4.78, 5) is 25.8. The molecule has 33 heavy (non-hydrogen) atoms. The number of rotatable bonds is 6. The Balaban J connectivity index is 1.66. The van der Waals surface area contributed by atoms with Crippen molar-refractivity contribution in [3.05, 3.63) is 100 Å². The SMILES string of the molecule is CCOc1ccc(/C=[N+]2\NC(=O)[C@@H](NC(=O)c3ccc(C)cc3)[C@@H]2c2ccc(Cl)cc2)cc1. The van der Waals surface area contributed by atoms with Gasteiger partial charge in [-0.05, 0) is 62.4 Å². The minimum Gasteiger partial charge on any atom is -0.494 e. The van der Waals surface area contributed by atoms with Crippen molar-refractivity contribution in [2.45, 2.75) is 25.9 Å². The number of carbonyl (C=O) groups excluding carboxylic acids is 2. The zero-order chi connectivity index (χ0) is 23.4. The number of carbonyl (C=O) groups is 2. The topological polar surface area (TPSA) is 70.4 Å². The number of hydrogen-bond donors (Lipinski definition) is 2. The zero-order valence-corrected chi connectivity index (χ0v) is 19.2. The van der Waals surface area contributed by atoms with E-state index in [-0.39, 0.29) is 11.8 Å². The third-order valence-corrected chi connectivity index (χ3v) is 5.68. The van der Waals surface area contributed by atoms with Gasteiger partial charge in [-0.25, -0.2) is 0 Å². The first-order valence-corrected chi connectivity index (χ1v) is 11.1. The molecule has 3 aromatic carbocycles. The summed E-state index contributed by atoms with van der Waals surface area (Å²) in [6.07, 6.45) is 1.84. The van der Waals surface area contributed by atoms with Gasteiger partial charge in [0.05, 0.1) is 6.61 Å². The second-order valence-electron chi connectivity index (χ2n) is 7.83. The molecule has 6 nitrogen and oxygen atoms in total. The predicted octanol–water partition coefficient (Wildman–Crippen LogP) is 4.06. The first-order valence-electron chi connectivity index (χ1n) is 10.7. The van der Waals surface area contributed by atoms with Crippen LogP contribution in [-0.4, -0.2) is 35.4 Å². The van der Waals surface area contributed by atoms with Crippen LogP contribution < -0.4 is 15.5 Å². The fourth-order valence-corrected chi connectivity index (χ4v) is 3.87. The third-order valence-electron chi connectivity index (χ3n) is 5.43. The average Bonchev–Trinajstić information content (AvgIpc) is 3.10.